The van der Waals surface area contributed by atoms with Crippen molar-refractivity contribution in [3.63, 3.8) is 0 Å². The first-order chi connectivity index (χ1) is 9.39. The normalized spacial score (nSPS) is 11.6. The molecule has 0 aliphatic rings. The summed E-state index contributed by atoms with van der Waals surface area (Å²) in [6.07, 6.45) is 1.44. The van der Waals surface area contributed by atoms with Crippen LogP contribution in [0.3, 0.4) is 0 Å². The minimum absolute atomic E-state index is 0.0945. The number of benzene rings is 1. The van der Waals surface area contributed by atoms with Gasteiger partial charge in [0.25, 0.3) is 0 Å². The lowest BCUT2D eigenvalue weighted by Crippen LogP contribution is -2.33. The summed E-state index contributed by atoms with van der Waals surface area (Å²) in [5.41, 5.74) is 0. The lowest BCUT2D eigenvalue weighted by molar-refractivity contribution is -0.139. The topological polar surface area (TPSA) is 92.7 Å². The van der Waals surface area contributed by atoms with Crippen LogP contribution in [-0.4, -0.2) is 32.1 Å². The lowest BCUT2D eigenvalue weighted by atomic mass is 10.2. The van der Waals surface area contributed by atoms with Gasteiger partial charge in [-0.1, -0.05) is 13.8 Å². The molecule has 20 heavy (non-hydrogen) atoms. The van der Waals surface area contributed by atoms with Crippen LogP contribution in [0.1, 0.15) is 26.7 Å². The third-order valence-electron chi connectivity index (χ3n) is 2.80. The highest BCUT2D eigenvalue weighted by Crippen LogP contribution is 2.16. The number of hydrogen-bond acceptors (Lipinski definition) is 4. The van der Waals surface area contributed by atoms with Crippen molar-refractivity contribution < 1.29 is 23.1 Å². The van der Waals surface area contributed by atoms with Gasteiger partial charge >= 0.3 is 5.97 Å². The van der Waals surface area contributed by atoms with Gasteiger partial charge in [0.15, 0.2) is 6.61 Å². The molecule has 0 radical (unpaired) electrons. The average Bonchev–Trinajstić information content (AvgIpc) is 2.43. The first-order valence-electron chi connectivity index (χ1n) is 6.36. The number of hydrogen-bond donors (Lipinski definition) is 2. The fourth-order valence-electron chi connectivity index (χ4n) is 1.60. The van der Waals surface area contributed by atoms with Crippen molar-refractivity contribution >= 4 is 16.0 Å². The predicted molar refractivity (Wildman–Crippen MR) is 74.3 cm³/mol. The van der Waals surface area contributed by atoms with Crippen molar-refractivity contribution in [2.45, 2.75) is 37.6 Å². The molecule has 0 aliphatic carbocycles. The predicted octanol–water partition coefficient (Wildman–Crippen LogP) is 1.62. The summed E-state index contributed by atoms with van der Waals surface area (Å²) in [5, 5.41) is 8.48. The summed E-state index contributed by atoms with van der Waals surface area (Å²) < 4.78 is 31.7. The van der Waals surface area contributed by atoms with E-state index < -0.39 is 22.6 Å². The minimum atomic E-state index is -3.55. The van der Waals surface area contributed by atoms with E-state index in [-0.39, 0.29) is 10.9 Å². The summed E-state index contributed by atoms with van der Waals surface area (Å²) in [5.74, 6) is -0.772. The van der Waals surface area contributed by atoms with Gasteiger partial charge in [0.1, 0.15) is 5.75 Å². The number of carboxylic acids is 1. The summed E-state index contributed by atoms with van der Waals surface area (Å²) in [6, 6.07) is 5.56. The van der Waals surface area contributed by atoms with Crippen molar-refractivity contribution in [1.29, 1.82) is 0 Å². The molecule has 1 aromatic carbocycles. The highest BCUT2D eigenvalue weighted by molar-refractivity contribution is 7.89. The van der Waals surface area contributed by atoms with Gasteiger partial charge in [-0.25, -0.2) is 17.9 Å². The molecule has 0 unspecified atom stereocenters. The standard InChI is InChI=1S/C13H19NO5S/c1-3-10(4-2)14-20(17,18)12-7-5-11(6-8-12)19-9-13(15)16/h5-8,10,14H,3-4,9H2,1-2H3,(H,15,16). The molecule has 0 heterocycles. The van der Waals surface area contributed by atoms with Crippen molar-refractivity contribution in [3.05, 3.63) is 24.3 Å². The molecule has 0 fully saturated rings. The fraction of sp³-hybridized carbons (Fsp3) is 0.462. The second-order valence-electron chi connectivity index (χ2n) is 4.29. The van der Waals surface area contributed by atoms with Crippen molar-refractivity contribution in [2.75, 3.05) is 6.61 Å². The number of carboxylic acid groups (broad SMARTS) is 1. The monoisotopic (exact) mass is 301 g/mol. The van der Waals surface area contributed by atoms with Gasteiger partial charge in [-0.2, -0.15) is 0 Å². The van der Waals surface area contributed by atoms with Crippen LogP contribution in [0.2, 0.25) is 0 Å². The molecule has 0 amide bonds. The van der Waals surface area contributed by atoms with E-state index in [1.807, 2.05) is 13.8 Å². The number of aliphatic carboxylic acids is 1. The summed E-state index contributed by atoms with van der Waals surface area (Å²) in [7, 11) is -3.55. The van der Waals surface area contributed by atoms with Crippen LogP contribution in [0.25, 0.3) is 0 Å². The van der Waals surface area contributed by atoms with Gasteiger partial charge in [-0.15, -0.1) is 0 Å². The summed E-state index contributed by atoms with van der Waals surface area (Å²) in [6.45, 7) is 3.37. The van der Waals surface area contributed by atoms with Crippen LogP contribution >= 0.6 is 0 Å². The second-order valence-corrected chi connectivity index (χ2v) is 6.00. The fourth-order valence-corrected chi connectivity index (χ4v) is 3.01. The second kappa shape index (κ2) is 7.25. The van der Waals surface area contributed by atoms with E-state index in [4.69, 9.17) is 9.84 Å². The van der Waals surface area contributed by atoms with Gasteiger partial charge in [-0.05, 0) is 37.1 Å². The zero-order valence-electron chi connectivity index (χ0n) is 11.5. The number of carbonyl (C=O) groups is 1. The van der Waals surface area contributed by atoms with Crippen LogP contribution in [-0.2, 0) is 14.8 Å². The molecule has 2 N–H and O–H groups in total. The molecule has 0 bridgehead atoms. The molecule has 6 nitrogen and oxygen atoms in total. The Labute approximate surface area is 118 Å². The third kappa shape index (κ3) is 4.82. The zero-order chi connectivity index (χ0) is 15.2. The number of nitrogens with one attached hydrogen (secondary N) is 1. The third-order valence-corrected chi connectivity index (χ3v) is 4.34. The van der Waals surface area contributed by atoms with Crippen LogP contribution < -0.4 is 9.46 Å². The Hall–Kier alpha value is -1.60. The van der Waals surface area contributed by atoms with Gasteiger partial charge in [0.2, 0.25) is 10.0 Å². The molecule has 0 spiro atoms. The van der Waals surface area contributed by atoms with Crippen LogP contribution in [0.15, 0.2) is 29.2 Å². The molecule has 0 aromatic heterocycles. The number of rotatable bonds is 8. The molecule has 1 rings (SSSR count). The first kappa shape index (κ1) is 16.5. The van der Waals surface area contributed by atoms with Crippen molar-refractivity contribution in [2.24, 2.45) is 0 Å². The van der Waals surface area contributed by atoms with Gasteiger partial charge in [0, 0.05) is 6.04 Å². The molecule has 7 heteroatoms. The molecule has 1 aromatic rings. The minimum Gasteiger partial charge on any atom is -0.482 e. The van der Waals surface area contributed by atoms with Gasteiger partial charge < -0.3 is 9.84 Å². The molecule has 0 saturated heterocycles. The van der Waals surface area contributed by atoms with E-state index in [1.165, 1.54) is 24.3 Å². The van der Waals surface area contributed by atoms with Crippen molar-refractivity contribution in [3.8, 4) is 5.75 Å². The van der Waals surface area contributed by atoms with Crippen LogP contribution in [0.4, 0.5) is 0 Å². The van der Waals surface area contributed by atoms with Gasteiger partial charge in [0.05, 0.1) is 4.90 Å². The lowest BCUT2D eigenvalue weighted by Gasteiger charge is -2.15. The molecular formula is C13H19NO5S. The van der Waals surface area contributed by atoms with E-state index in [1.54, 1.807) is 0 Å². The Balaban J connectivity index is 2.78. The van der Waals surface area contributed by atoms with E-state index in [2.05, 4.69) is 4.72 Å². The SMILES string of the molecule is CCC(CC)NS(=O)(=O)c1ccc(OCC(=O)O)cc1. The quantitative estimate of drug-likeness (QED) is 0.761. The van der Waals surface area contributed by atoms with Crippen LogP contribution in [0.5, 0.6) is 5.75 Å². The number of ether oxygens (including phenoxy) is 1. The molecule has 0 saturated carbocycles. The van der Waals surface area contributed by atoms with Crippen LogP contribution in [0, 0.1) is 0 Å². The highest BCUT2D eigenvalue weighted by Gasteiger charge is 2.17. The molecule has 112 valence electrons. The maximum atomic E-state index is 12.1. The molecule has 0 aliphatic heterocycles. The van der Waals surface area contributed by atoms with E-state index in [9.17, 15) is 13.2 Å². The highest BCUT2D eigenvalue weighted by atomic mass is 32.2. The zero-order valence-corrected chi connectivity index (χ0v) is 12.3. The molecular weight excluding hydrogens is 282 g/mol. The smallest absolute Gasteiger partial charge is 0.341 e. The Morgan fingerprint density at radius 3 is 2.25 bits per heavy atom. The largest absolute Gasteiger partial charge is 0.482 e. The maximum Gasteiger partial charge on any atom is 0.341 e. The first-order valence-corrected chi connectivity index (χ1v) is 7.84. The van der Waals surface area contributed by atoms with E-state index >= 15 is 0 Å². The van der Waals surface area contributed by atoms with E-state index in [0.29, 0.717) is 5.75 Å². The Morgan fingerprint density at radius 2 is 1.80 bits per heavy atom. The molecule has 0 atom stereocenters. The Bertz CT molecular complexity index is 534. The number of sulfonamides is 1. The Kier molecular flexibility index (Phi) is 5.97. The van der Waals surface area contributed by atoms with E-state index in [0.717, 1.165) is 12.8 Å². The van der Waals surface area contributed by atoms with Crippen molar-refractivity contribution in [1.82, 2.24) is 4.72 Å². The summed E-state index contributed by atoms with van der Waals surface area (Å²) >= 11 is 0. The van der Waals surface area contributed by atoms with Gasteiger partial charge in [-0.3, -0.25) is 0 Å². The summed E-state index contributed by atoms with van der Waals surface area (Å²) in [4.78, 5) is 10.5. The maximum absolute atomic E-state index is 12.1. The Morgan fingerprint density at radius 1 is 1.25 bits per heavy atom. The average molecular weight is 301 g/mol.